The number of hydrogen-bond acceptors (Lipinski definition) is 5. The van der Waals surface area contributed by atoms with E-state index in [1.165, 1.54) is 69.1 Å². The van der Waals surface area contributed by atoms with Crippen molar-refractivity contribution in [1.29, 1.82) is 0 Å². The summed E-state index contributed by atoms with van der Waals surface area (Å²) in [6.45, 7) is 7.98. The Hall–Kier alpha value is -1.47. The molecule has 0 radical (unpaired) electrons. The van der Waals surface area contributed by atoms with Gasteiger partial charge in [0.15, 0.2) is 5.13 Å². The molecule has 0 bridgehead atoms. The summed E-state index contributed by atoms with van der Waals surface area (Å²) >= 11 is 1.40. The smallest absolute Gasteiger partial charge is 0.245 e. The number of aryl methyl sites for hydroxylation is 1. The SMILES string of the molecule is CCCCCCCCCCCCCC(=O)N(CCCOCC)CC(=O)Nc1nc(C)cs1. The van der Waals surface area contributed by atoms with Crippen molar-refractivity contribution in [2.45, 2.75) is 104 Å². The lowest BCUT2D eigenvalue weighted by molar-refractivity contribution is -0.135. The van der Waals surface area contributed by atoms with Crippen LogP contribution in [0.5, 0.6) is 0 Å². The number of rotatable bonds is 20. The summed E-state index contributed by atoms with van der Waals surface area (Å²) in [5.41, 5.74) is 0.881. The molecule has 0 spiro atoms. The third-order valence-corrected chi connectivity index (χ3v) is 6.34. The lowest BCUT2D eigenvalue weighted by Gasteiger charge is -2.22. The summed E-state index contributed by atoms with van der Waals surface area (Å²) in [6.07, 6.45) is 15.1. The van der Waals surface area contributed by atoms with Crippen LogP contribution in [0.4, 0.5) is 5.13 Å². The largest absolute Gasteiger partial charge is 0.382 e. The number of nitrogens with one attached hydrogen (secondary N) is 1. The Labute approximate surface area is 199 Å². The number of carbonyl (C=O) groups excluding carboxylic acids is 2. The van der Waals surface area contributed by atoms with E-state index in [0.29, 0.717) is 31.3 Å². The van der Waals surface area contributed by atoms with Gasteiger partial charge < -0.3 is 15.0 Å². The molecule has 0 atom stereocenters. The first kappa shape index (κ1) is 28.6. The van der Waals surface area contributed by atoms with Gasteiger partial charge in [0.1, 0.15) is 0 Å². The van der Waals surface area contributed by atoms with E-state index in [-0.39, 0.29) is 18.4 Å². The zero-order valence-corrected chi connectivity index (χ0v) is 21.4. The van der Waals surface area contributed by atoms with Crippen LogP contribution in [0, 0.1) is 6.92 Å². The number of unbranched alkanes of at least 4 members (excludes halogenated alkanes) is 10. The maximum absolute atomic E-state index is 12.8. The van der Waals surface area contributed by atoms with Gasteiger partial charge in [0, 0.05) is 31.6 Å². The van der Waals surface area contributed by atoms with Crippen LogP contribution in [0.3, 0.4) is 0 Å². The normalized spacial score (nSPS) is 11.0. The minimum atomic E-state index is -0.192. The molecule has 32 heavy (non-hydrogen) atoms. The van der Waals surface area contributed by atoms with Crippen molar-refractivity contribution in [3.05, 3.63) is 11.1 Å². The Bertz CT molecular complexity index is 621. The van der Waals surface area contributed by atoms with Gasteiger partial charge in [0.05, 0.1) is 12.2 Å². The highest BCUT2D eigenvalue weighted by Crippen LogP contribution is 2.15. The van der Waals surface area contributed by atoms with Crippen molar-refractivity contribution in [3.8, 4) is 0 Å². The van der Waals surface area contributed by atoms with E-state index in [1.54, 1.807) is 4.90 Å². The van der Waals surface area contributed by atoms with Crippen molar-refractivity contribution in [3.63, 3.8) is 0 Å². The van der Waals surface area contributed by atoms with Crippen molar-refractivity contribution in [2.24, 2.45) is 0 Å². The fourth-order valence-electron chi connectivity index (χ4n) is 3.64. The molecule has 1 aromatic heterocycles. The number of hydrogen-bond donors (Lipinski definition) is 1. The molecular weight excluding hydrogens is 422 g/mol. The third-order valence-electron chi connectivity index (χ3n) is 5.47. The molecule has 0 fully saturated rings. The Balaban J connectivity index is 2.26. The van der Waals surface area contributed by atoms with Gasteiger partial charge in [-0.05, 0) is 26.7 Å². The van der Waals surface area contributed by atoms with Crippen LogP contribution in [0.25, 0.3) is 0 Å². The van der Waals surface area contributed by atoms with Crippen molar-refractivity contribution >= 4 is 28.3 Å². The fourth-order valence-corrected chi connectivity index (χ4v) is 4.34. The molecule has 6 nitrogen and oxygen atoms in total. The van der Waals surface area contributed by atoms with Crippen LogP contribution >= 0.6 is 11.3 Å². The second-order valence-electron chi connectivity index (χ2n) is 8.49. The topological polar surface area (TPSA) is 71.5 Å². The zero-order chi connectivity index (χ0) is 23.4. The second-order valence-corrected chi connectivity index (χ2v) is 9.35. The highest BCUT2D eigenvalue weighted by molar-refractivity contribution is 7.13. The van der Waals surface area contributed by atoms with Gasteiger partial charge in [0.25, 0.3) is 0 Å². The molecule has 0 aliphatic heterocycles. The van der Waals surface area contributed by atoms with Crippen LogP contribution in [-0.4, -0.2) is 48.0 Å². The minimum Gasteiger partial charge on any atom is -0.382 e. The summed E-state index contributed by atoms with van der Waals surface area (Å²) in [7, 11) is 0. The predicted octanol–water partition coefficient (Wildman–Crippen LogP) is 6.35. The average molecular weight is 468 g/mol. The number of amides is 2. The quantitative estimate of drug-likeness (QED) is 0.227. The van der Waals surface area contributed by atoms with E-state index in [2.05, 4.69) is 17.2 Å². The van der Waals surface area contributed by atoms with Gasteiger partial charge in [-0.3, -0.25) is 9.59 Å². The van der Waals surface area contributed by atoms with Gasteiger partial charge in [-0.25, -0.2) is 4.98 Å². The lowest BCUT2D eigenvalue weighted by Crippen LogP contribution is -2.39. The standard InChI is InChI=1S/C25H45N3O3S/c1-4-6-7-8-9-10-11-12-13-14-15-17-24(30)28(18-16-19-31-5-2)20-23(29)27-25-26-22(3)21-32-25/h21H,4-20H2,1-3H3,(H,26,27,29). The molecule has 0 aromatic carbocycles. The van der Waals surface area contributed by atoms with Gasteiger partial charge >= 0.3 is 0 Å². The molecular formula is C25H45N3O3S. The zero-order valence-electron chi connectivity index (χ0n) is 20.6. The van der Waals surface area contributed by atoms with Gasteiger partial charge in [-0.2, -0.15) is 0 Å². The first-order valence-electron chi connectivity index (χ1n) is 12.6. The summed E-state index contributed by atoms with van der Waals surface area (Å²) < 4.78 is 5.39. The molecule has 0 saturated carbocycles. The predicted molar refractivity (Wildman–Crippen MR) is 134 cm³/mol. The molecule has 7 heteroatoms. The summed E-state index contributed by atoms with van der Waals surface area (Å²) in [5.74, 6) is -0.133. The van der Waals surface area contributed by atoms with E-state index in [1.807, 2.05) is 19.2 Å². The maximum Gasteiger partial charge on any atom is 0.245 e. The minimum absolute atomic E-state index is 0.0582. The summed E-state index contributed by atoms with van der Waals surface area (Å²) in [6, 6.07) is 0. The van der Waals surface area contributed by atoms with Crippen LogP contribution in [0.1, 0.15) is 103 Å². The maximum atomic E-state index is 12.8. The highest BCUT2D eigenvalue weighted by Gasteiger charge is 2.17. The molecule has 2 amide bonds. The number of anilines is 1. The summed E-state index contributed by atoms with van der Waals surface area (Å²) in [5, 5.41) is 5.28. The monoisotopic (exact) mass is 467 g/mol. The van der Waals surface area contributed by atoms with Crippen LogP contribution < -0.4 is 5.32 Å². The Morgan fingerprint density at radius 3 is 2.16 bits per heavy atom. The first-order chi connectivity index (χ1) is 15.6. The molecule has 0 aliphatic rings. The number of carbonyl (C=O) groups is 2. The second kappa shape index (κ2) is 19.0. The fraction of sp³-hybridized carbons (Fsp3) is 0.800. The van der Waals surface area contributed by atoms with Crippen LogP contribution in [-0.2, 0) is 14.3 Å². The lowest BCUT2D eigenvalue weighted by atomic mass is 10.1. The van der Waals surface area contributed by atoms with Crippen LogP contribution in [0.15, 0.2) is 5.38 Å². The Morgan fingerprint density at radius 2 is 1.59 bits per heavy atom. The average Bonchev–Trinajstić information content (AvgIpc) is 3.18. The molecule has 1 aromatic rings. The Kier molecular flexibility index (Phi) is 17.0. The van der Waals surface area contributed by atoms with E-state index < -0.39 is 0 Å². The number of thiazole rings is 1. The molecule has 1 N–H and O–H groups in total. The Morgan fingerprint density at radius 1 is 0.969 bits per heavy atom. The molecule has 0 aliphatic carbocycles. The third kappa shape index (κ3) is 14.6. The first-order valence-corrected chi connectivity index (χ1v) is 13.5. The number of nitrogens with zero attached hydrogens (tertiary/aromatic N) is 2. The molecule has 1 rings (SSSR count). The van der Waals surface area contributed by atoms with Gasteiger partial charge in [-0.1, -0.05) is 71.1 Å². The molecule has 1 heterocycles. The van der Waals surface area contributed by atoms with E-state index in [4.69, 9.17) is 4.74 Å². The van der Waals surface area contributed by atoms with Crippen LogP contribution in [0.2, 0.25) is 0 Å². The number of aromatic nitrogens is 1. The molecule has 0 saturated heterocycles. The van der Waals surface area contributed by atoms with E-state index >= 15 is 0 Å². The van der Waals surface area contributed by atoms with Crippen molar-refractivity contribution in [2.75, 3.05) is 31.6 Å². The van der Waals surface area contributed by atoms with Crippen molar-refractivity contribution < 1.29 is 14.3 Å². The molecule has 184 valence electrons. The van der Waals surface area contributed by atoms with E-state index in [0.717, 1.165) is 25.0 Å². The summed E-state index contributed by atoms with van der Waals surface area (Å²) in [4.78, 5) is 31.1. The van der Waals surface area contributed by atoms with Gasteiger partial charge in [-0.15, -0.1) is 11.3 Å². The number of ether oxygens (including phenoxy) is 1. The van der Waals surface area contributed by atoms with Crippen molar-refractivity contribution in [1.82, 2.24) is 9.88 Å². The molecule has 0 unspecified atom stereocenters. The van der Waals surface area contributed by atoms with Gasteiger partial charge in [0.2, 0.25) is 11.8 Å². The highest BCUT2D eigenvalue weighted by atomic mass is 32.1. The van der Waals surface area contributed by atoms with E-state index in [9.17, 15) is 9.59 Å².